The van der Waals surface area contributed by atoms with Gasteiger partial charge in [-0.25, -0.2) is 9.37 Å². The second-order valence-corrected chi connectivity index (χ2v) is 5.15. The summed E-state index contributed by atoms with van der Waals surface area (Å²) < 4.78 is 18.7. The summed E-state index contributed by atoms with van der Waals surface area (Å²) in [5.41, 5.74) is 6.55. The normalized spacial score (nSPS) is 18.8. The van der Waals surface area contributed by atoms with Crippen molar-refractivity contribution in [3.05, 3.63) is 46.9 Å². The second-order valence-electron chi connectivity index (χ2n) is 4.76. The minimum atomic E-state index is -0.262. The van der Waals surface area contributed by atoms with Crippen LogP contribution in [0.2, 0.25) is 5.15 Å². The smallest absolute Gasteiger partial charge is 0.223 e. The SMILES string of the molecule is Nc1nc(Cl)cc(N2CCOC(c3ccc(F)cc3)C2)n1. The van der Waals surface area contributed by atoms with E-state index < -0.39 is 0 Å². The number of hydrogen-bond acceptors (Lipinski definition) is 5. The first-order valence-electron chi connectivity index (χ1n) is 6.54. The summed E-state index contributed by atoms with van der Waals surface area (Å²) in [6.45, 7) is 1.83. The van der Waals surface area contributed by atoms with Crippen LogP contribution in [0.25, 0.3) is 0 Å². The molecule has 5 nitrogen and oxygen atoms in total. The van der Waals surface area contributed by atoms with Crippen LogP contribution in [0, 0.1) is 5.82 Å². The molecule has 1 fully saturated rings. The molecular formula is C14H14ClFN4O. The largest absolute Gasteiger partial charge is 0.370 e. The third-order valence-electron chi connectivity index (χ3n) is 3.33. The molecule has 1 atom stereocenters. The molecule has 2 aromatic rings. The van der Waals surface area contributed by atoms with Gasteiger partial charge in [0.05, 0.1) is 6.61 Å². The molecule has 2 N–H and O–H groups in total. The fraction of sp³-hybridized carbons (Fsp3) is 0.286. The van der Waals surface area contributed by atoms with Crippen molar-refractivity contribution >= 4 is 23.4 Å². The van der Waals surface area contributed by atoms with E-state index in [0.717, 1.165) is 5.56 Å². The van der Waals surface area contributed by atoms with Crippen LogP contribution in [0.3, 0.4) is 0 Å². The van der Waals surface area contributed by atoms with Gasteiger partial charge in [0.2, 0.25) is 5.95 Å². The second kappa shape index (κ2) is 5.83. The van der Waals surface area contributed by atoms with E-state index in [1.807, 2.05) is 4.90 Å². The molecule has 1 aromatic carbocycles. The van der Waals surface area contributed by atoms with E-state index in [4.69, 9.17) is 22.1 Å². The van der Waals surface area contributed by atoms with Crippen molar-refractivity contribution in [2.45, 2.75) is 6.10 Å². The lowest BCUT2D eigenvalue weighted by Crippen LogP contribution is -2.39. The molecular weight excluding hydrogens is 295 g/mol. The molecule has 0 radical (unpaired) electrons. The molecule has 0 bridgehead atoms. The van der Waals surface area contributed by atoms with Crippen LogP contribution in [0.5, 0.6) is 0 Å². The highest BCUT2D eigenvalue weighted by Gasteiger charge is 2.23. The van der Waals surface area contributed by atoms with Gasteiger partial charge in [-0.15, -0.1) is 0 Å². The monoisotopic (exact) mass is 308 g/mol. The van der Waals surface area contributed by atoms with Crippen LogP contribution >= 0.6 is 11.6 Å². The Morgan fingerprint density at radius 3 is 2.76 bits per heavy atom. The van der Waals surface area contributed by atoms with Gasteiger partial charge in [-0.1, -0.05) is 23.7 Å². The van der Waals surface area contributed by atoms with Gasteiger partial charge in [-0.3, -0.25) is 0 Å². The summed E-state index contributed by atoms with van der Waals surface area (Å²) in [6, 6.07) is 7.98. The van der Waals surface area contributed by atoms with Crippen LogP contribution in [-0.4, -0.2) is 29.7 Å². The van der Waals surface area contributed by atoms with Gasteiger partial charge in [0.25, 0.3) is 0 Å². The molecule has 1 aliphatic rings. The number of nitrogen functional groups attached to an aromatic ring is 1. The summed E-state index contributed by atoms with van der Waals surface area (Å²) in [5.74, 6) is 0.548. The van der Waals surface area contributed by atoms with E-state index in [9.17, 15) is 4.39 Å². The number of ether oxygens (including phenoxy) is 1. The number of anilines is 2. The molecule has 0 aliphatic carbocycles. The fourth-order valence-corrected chi connectivity index (χ4v) is 2.51. The van der Waals surface area contributed by atoms with Crippen molar-refractivity contribution in [2.24, 2.45) is 0 Å². The third-order valence-corrected chi connectivity index (χ3v) is 3.52. The van der Waals surface area contributed by atoms with E-state index in [0.29, 0.717) is 30.7 Å². The molecule has 110 valence electrons. The minimum Gasteiger partial charge on any atom is -0.370 e. The van der Waals surface area contributed by atoms with Crippen LogP contribution in [0.1, 0.15) is 11.7 Å². The molecule has 3 rings (SSSR count). The molecule has 2 heterocycles. The maximum absolute atomic E-state index is 13.0. The predicted molar refractivity (Wildman–Crippen MR) is 78.8 cm³/mol. The summed E-state index contributed by atoms with van der Waals surface area (Å²) in [5, 5.41) is 0.308. The van der Waals surface area contributed by atoms with E-state index in [2.05, 4.69) is 9.97 Å². The maximum atomic E-state index is 13.0. The number of aromatic nitrogens is 2. The van der Waals surface area contributed by atoms with Gasteiger partial charge in [-0.05, 0) is 17.7 Å². The molecule has 0 spiro atoms. The van der Waals surface area contributed by atoms with Gasteiger partial charge in [0, 0.05) is 19.2 Å². The maximum Gasteiger partial charge on any atom is 0.223 e. The number of halogens is 2. The zero-order valence-electron chi connectivity index (χ0n) is 11.2. The molecule has 1 aromatic heterocycles. The van der Waals surface area contributed by atoms with Crippen LogP contribution < -0.4 is 10.6 Å². The van der Waals surface area contributed by atoms with E-state index in [1.165, 1.54) is 12.1 Å². The Morgan fingerprint density at radius 1 is 1.29 bits per heavy atom. The lowest BCUT2D eigenvalue weighted by Gasteiger charge is -2.34. The van der Waals surface area contributed by atoms with Gasteiger partial charge in [0.1, 0.15) is 22.9 Å². The lowest BCUT2D eigenvalue weighted by atomic mass is 10.1. The van der Waals surface area contributed by atoms with E-state index in [1.54, 1.807) is 18.2 Å². The zero-order chi connectivity index (χ0) is 14.8. The fourth-order valence-electron chi connectivity index (χ4n) is 2.32. The standard InChI is InChI=1S/C14H14ClFN4O/c15-12-7-13(19-14(17)18-12)20-5-6-21-11(8-20)9-1-3-10(16)4-2-9/h1-4,7,11H,5-6,8H2,(H2,17,18,19). The summed E-state index contributed by atoms with van der Waals surface area (Å²) in [6.07, 6.45) is -0.144. The summed E-state index contributed by atoms with van der Waals surface area (Å²) in [7, 11) is 0. The first kappa shape index (κ1) is 14.0. The average molecular weight is 309 g/mol. The predicted octanol–water partition coefficient (Wildman–Crippen LogP) is 2.43. The number of nitrogens with two attached hydrogens (primary N) is 1. The van der Waals surface area contributed by atoms with Gasteiger partial charge < -0.3 is 15.4 Å². The van der Waals surface area contributed by atoms with E-state index in [-0.39, 0.29) is 17.9 Å². The molecule has 0 amide bonds. The topological polar surface area (TPSA) is 64.3 Å². The van der Waals surface area contributed by atoms with Gasteiger partial charge in [-0.2, -0.15) is 4.98 Å². The van der Waals surface area contributed by atoms with Crippen molar-refractivity contribution in [1.29, 1.82) is 0 Å². The molecule has 21 heavy (non-hydrogen) atoms. The molecule has 1 saturated heterocycles. The quantitative estimate of drug-likeness (QED) is 0.863. The molecule has 0 saturated carbocycles. The van der Waals surface area contributed by atoms with Crippen molar-refractivity contribution in [2.75, 3.05) is 30.3 Å². The Labute approximate surface area is 126 Å². The number of hydrogen-bond donors (Lipinski definition) is 1. The Balaban J connectivity index is 1.80. The van der Waals surface area contributed by atoms with Crippen LogP contribution in [0.4, 0.5) is 16.2 Å². The van der Waals surface area contributed by atoms with Crippen LogP contribution in [0.15, 0.2) is 30.3 Å². The highest BCUT2D eigenvalue weighted by atomic mass is 35.5. The number of morpholine rings is 1. The third kappa shape index (κ3) is 3.22. The molecule has 1 aliphatic heterocycles. The molecule has 7 heteroatoms. The first-order chi connectivity index (χ1) is 10.1. The van der Waals surface area contributed by atoms with Crippen molar-refractivity contribution in [1.82, 2.24) is 9.97 Å². The van der Waals surface area contributed by atoms with E-state index >= 15 is 0 Å². The number of benzene rings is 1. The minimum absolute atomic E-state index is 0.141. The van der Waals surface area contributed by atoms with Crippen molar-refractivity contribution < 1.29 is 9.13 Å². The summed E-state index contributed by atoms with van der Waals surface area (Å²) in [4.78, 5) is 10.1. The van der Waals surface area contributed by atoms with Gasteiger partial charge >= 0.3 is 0 Å². The Bertz CT molecular complexity index is 617. The Kier molecular flexibility index (Phi) is 3.90. The lowest BCUT2D eigenvalue weighted by molar-refractivity contribution is 0.0395. The average Bonchev–Trinajstić information content (AvgIpc) is 2.47. The number of rotatable bonds is 2. The summed E-state index contributed by atoms with van der Waals surface area (Å²) >= 11 is 5.91. The first-order valence-corrected chi connectivity index (χ1v) is 6.92. The van der Waals surface area contributed by atoms with Crippen LogP contribution in [-0.2, 0) is 4.74 Å². The molecule has 1 unspecified atom stereocenters. The Hall–Kier alpha value is -1.92. The van der Waals surface area contributed by atoms with Gasteiger partial charge in [0.15, 0.2) is 0 Å². The highest BCUT2D eigenvalue weighted by molar-refractivity contribution is 6.29. The van der Waals surface area contributed by atoms with Crippen molar-refractivity contribution in [3.63, 3.8) is 0 Å². The van der Waals surface area contributed by atoms with Crippen molar-refractivity contribution in [3.8, 4) is 0 Å². The number of nitrogens with zero attached hydrogens (tertiary/aromatic N) is 3. The Morgan fingerprint density at radius 2 is 2.05 bits per heavy atom. The zero-order valence-corrected chi connectivity index (χ0v) is 11.9. The highest BCUT2D eigenvalue weighted by Crippen LogP contribution is 2.26.